The van der Waals surface area contributed by atoms with Crippen molar-refractivity contribution in [2.24, 2.45) is 5.73 Å². The van der Waals surface area contributed by atoms with Crippen molar-refractivity contribution in [3.05, 3.63) is 93.9 Å². The van der Waals surface area contributed by atoms with Crippen LogP contribution in [0.25, 0.3) is 11.3 Å². The van der Waals surface area contributed by atoms with Crippen molar-refractivity contribution in [3.8, 4) is 22.9 Å². The Hall–Kier alpha value is -3.84. The number of aromatic nitrogens is 2. The summed E-state index contributed by atoms with van der Waals surface area (Å²) in [6.07, 6.45) is 1.76. The predicted octanol–water partition coefficient (Wildman–Crippen LogP) is 4.83. The second kappa shape index (κ2) is 8.89. The van der Waals surface area contributed by atoms with Crippen LogP contribution >= 0.6 is 11.3 Å². The lowest BCUT2D eigenvalue weighted by Crippen LogP contribution is -2.12. The van der Waals surface area contributed by atoms with E-state index in [0.29, 0.717) is 10.8 Å². The number of ether oxygens (including phenoxy) is 1. The quantitative estimate of drug-likeness (QED) is 0.425. The zero-order valence-corrected chi connectivity index (χ0v) is 17.6. The molecule has 0 saturated carbocycles. The van der Waals surface area contributed by atoms with Gasteiger partial charge in [-0.3, -0.25) is 9.59 Å². The summed E-state index contributed by atoms with van der Waals surface area (Å²) >= 11 is 1.41. The number of benzene rings is 2. The van der Waals surface area contributed by atoms with E-state index in [1.807, 2.05) is 37.3 Å². The van der Waals surface area contributed by atoms with Crippen LogP contribution in [0.4, 0.5) is 0 Å². The van der Waals surface area contributed by atoms with E-state index >= 15 is 0 Å². The minimum Gasteiger partial charge on any atom is -0.438 e. The summed E-state index contributed by atoms with van der Waals surface area (Å²) in [5.41, 5.74) is 8.24. The average molecular weight is 430 g/mol. The fraction of sp³-hybridized carbons (Fsp3) is 0.0833. The van der Waals surface area contributed by atoms with Gasteiger partial charge in [0.15, 0.2) is 10.8 Å². The standard InChI is InChI=1S/C24H19N3O3S/c1-15-21(17-6-3-2-4-7-17)27-24(31-15)20(28)14-16-9-11-18(12-10-16)30-23-19(22(25)29)8-5-13-26-23/h2-13H,14H2,1H3,(H2,25,29). The summed E-state index contributed by atoms with van der Waals surface area (Å²) in [5.74, 6) is -0.0111. The van der Waals surface area contributed by atoms with Gasteiger partial charge >= 0.3 is 0 Å². The molecule has 2 aromatic carbocycles. The molecule has 31 heavy (non-hydrogen) atoms. The third-order valence-electron chi connectivity index (χ3n) is 4.62. The number of nitrogens with zero attached hydrogens (tertiary/aromatic N) is 2. The monoisotopic (exact) mass is 429 g/mol. The third kappa shape index (κ3) is 4.67. The zero-order valence-electron chi connectivity index (χ0n) is 16.7. The highest BCUT2D eigenvalue weighted by atomic mass is 32.1. The molecule has 0 atom stereocenters. The topological polar surface area (TPSA) is 95.2 Å². The number of carbonyl (C=O) groups is 2. The zero-order chi connectivity index (χ0) is 21.8. The molecule has 0 aliphatic heterocycles. The molecule has 1 amide bonds. The highest BCUT2D eigenvalue weighted by molar-refractivity contribution is 7.14. The summed E-state index contributed by atoms with van der Waals surface area (Å²) in [4.78, 5) is 33.9. The molecule has 0 radical (unpaired) electrons. The minimum atomic E-state index is -0.612. The number of amides is 1. The average Bonchev–Trinajstić information content (AvgIpc) is 3.18. The first-order chi connectivity index (χ1) is 15.0. The molecule has 2 heterocycles. The number of thiazole rings is 1. The molecule has 4 aromatic rings. The van der Waals surface area contributed by atoms with E-state index in [0.717, 1.165) is 21.7 Å². The highest BCUT2D eigenvalue weighted by Crippen LogP contribution is 2.28. The highest BCUT2D eigenvalue weighted by Gasteiger charge is 2.16. The second-order valence-electron chi connectivity index (χ2n) is 6.86. The molecule has 0 aliphatic carbocycles. The Morgan fingerprint density at radius 1 is 1.00 bits per heavy atom. The van der Waals surface area contributed by atoms with Gasteiger partial charge in [0.05, 0.1) is 5.69 Å². The molecule has 0 unspecified atom stereocenters. The van der Waals surface area contributed by atoms with Crippen LogP contribution in [-0.4, -0.2) is 21.7 Å². The Bertz CT molecular complexity index is 1230. The molecule has 154 valence electrons. The number of rotatable bonds is 7. The van der Waals surface area contributed by atoms with Gasteiger partial charge in [-0.1, -0.05) is 42.5 Å². The van der Waals surface area contributed by atoms with E-state index in [9.17, 15) is 9.59 Å². The molecule has 0 saturated heterocycles. The van der Waals surface area contributed by atoms with Gasteiger partial charge < -0.3 is 10.5 Å². The second-order valence-corrected chi connectivity index (χ2v) is 8.06. The Balaban J connectivity index is 1.46. The third-order valence-corrected chi connectivity index (χ3v) is 5.63. The van der Waals surface area contributed by atoms with E-state index in [1.165, 1.54) is 17.5 Å². The Kier molecular flexibility index (Phi) is 5.86. The molecule has 4 rings (SSSR count). The molecular formula is C24H19N3O3S. The summed E-state index contributed by atoms with van der Waals surface area (Å²) in [6, 6.07) is 20.1. The maximum absolute atomic E-state index is 12.8. The summed E-state index contributed by atoms with van der Waals surface area (Å²) in [6.45, 7) is 1.97. The Labute approximate surface area is 183 Å². The van der Waals surface area contributed by atoms with Gasteiger partial charge in [-0.15, -0.1) is 11.3 Å². The van der Waals surface area contributed by atoms with Gasteiger partial charge in [-0.25, -0.2) is 9.97 Å². The number of hydrogen-bond acceptors (Lipinski definition) is 6. The van der Waals surface area contributed by atoms with Gasteiger partial charge in [-0.05, 0) is 36.8 Å². The molecule has 2 N–H and O–H groups in total. The SMILES string of the molecule is Cc1sc(C(=O)Cc2ccc(Oc3ncccc3C(N)=O)cc2)nc1-c1ccccc1. The molecule has 0 aliphatic rings. The van der Waals surface area contributed by atoms with Crippen molar-refractivity contribution in [1.29, 1.82) is 0 Å². The van der Waals surface area contributed by atoms with Crippen LogP contribution in [0.15, 0.2) is 72.9 Å². The van der Waals surface area contributed by atoms with Crippen molar-refractivity contribution >= 4 is 23.0 Å². The van der Waals surface area contributed by atoms with Crippen LogP contribution in [0, 0.1) is 6.92 Å². The number of aryl methyl sites for hydroxylation is 1. The van der Waals surface area contributed by atoms with Gasteiger partial charge in [-0.2, -0.15) is 0 Å². The number of Topliss-reactive ketones (excluding diaryl/α,β-unsaturated/α-hetero) is 1. The summed E-state index contributed by atoms with van der Waals surface area (Å²) < 4.78 is 5.68. The number of hydrogen-bond donors (Lipinski definition) is 1. The first-order valence-electron chi connectivity index (χ1n) is 9.59. The summed E-state index contributed by atoms with van der Waals surface area (Å²) in [5, 5.41) is 0.497. The fourth-order valence-electron chi connectivity index (χ4n) is 3.09. The molecule has 7 heteroatoms. The van der Waals surface area contributed by atoms with Crippen LogP contribution in [0.2, 0.25) is 0 Å². The van der Waals surface area contributed by atoms with Gasteiger partial charge in [0.25, 0.3) is 5.91 Å². The fourth-order valence-corrected chi connectivity index (χ4v) is 3.96. The minimum absolute atomic E-state index is 0.0373. The lowest BCUT2D eigenvalue weighted by Gasteiger charge is -2.08. The summed E-state index contributed by atoms with van der Waals surface area (Å²) in [7, 11) is 0. The van der Waals surface area contributed by atoms with Crippen LogP contribution < -0.4 is 10.5 Å². The van der Waals surface area contributed by atoms with E-state index < -0.39 is 5.91 Å². The lowest BCUT2D eigenvalue weighted by molar-refractivity contribution is 0.0986. The van der Waals surface area contributed by atoms with Crippen molar-refractivity contribution < 1.29 is 14.3 Å². The van der Waals surface area contributed by atoms with Gasteiger partial charge in [0, 0.05) is 23.1 Å². The number of primary amides is 1. The van der Waals surface area contributed by atoms with Gasteiger partial charge in [0.2, 0.25) is 5.88 Å². The van der Waals surface area contributed by atoms with Crippen LogP contribution in [-0.2, 0) is 6.42 Å². The van der Waals surface area contributed by atoms with Crippen molar-refractivity contribution in [3.63, 3.8) is 0 Å². The number of ketones is 1. The van der Waals surface area contributed by atoms with Crippen LogP contribution in [0.1, 0.15) is 30.6 Å². The number of pyridine rings is 1. The molecule has 0 bridgehead atoms. The maximum Gasteiger partial charge on any atom is 0.254 e. The normalized spacial score (nSPS) is 10.6. The van der Waals surface area contributed by atoms with Crippen molar-refractivity contribution in [2.75, 3.05) is 0 Å². The number of carbonyl (C=O) groups excluding carboxylic acids is 2. The molecule has 6 nitrogen and oxygen atoms in total. The molecule has 0 spiro atoms. The first-order valence-corrected chi connectivity index (χ1v) is 10.4. The largest absolute Gasteiger partial charge is 0.438 e. The lowest BCUT2D eigenvalue weighted by atomic mass is 10.1. The van der Waals surface area contributed by atoms with Crippen LogP contribution in [0.5, 0.6) is 11.6 Å². The maximum atomic E-state index is 12.8. The van der Waals surface area contributed by atoms with Crippen molar-refractivity contribution in [1.82, 2.24) is 9.97 Å². The number of nitrogens with two attached hydrogens (primary N) is 1. The van der Waals surface area contributed by atoms with Crippen molar-refractivity contribution in [2.45, 2.75) is 13.3 Å². The Morgan fingerprint density at radius 3 is 2.45 bits per heavy atom. The van der Waals surface area contributed by atoms with Crippen LogP contribution in [0.3, 0.4) is 0 Å². The molecule has 2 aromatic heterocycles. The van der Waals surface area contributed by atoms with E-state index in [-0.39, 0.29) is 23.6 Å². The van der Waals surface area contributed by atoms with E-state index in [2.05, 4.69) is 9.97 Å². The smallest absolute Gasteiger partial charge is 0.254 e. The Morgan fingerprint density at radius 2 is 1.74 bits per heavy atom. The first kappa shape index (κ1) is 20.4. The molecule has 0 fully saturated rings. The van der Waals surface area contributed by atoms with E-state index in [4.69, 9.17) is 10.5 Å². The van der Waals surface area contributed by atoms with Gasteiger partial charge in [0.1, 0.15) is 11.3 Å². The van der Waals surface area contributed by atoms with E-state index in [1.54, 1.807) is 36.4 Å². The predicted molar refractivity (Wildman–Crippen MR) is 120 cm³/mol. The molecular weight excluding hydrogens is 410 g/mol.